The molecule has 1 N–H and O–H groups in total. The zero-order valence-electron chi connectivity index (χ0n) is 13.3. The molecule has 4 nitrogen and oxygen atoms in total. The van der Waals surface area contributed by atoms with Gasteiger partial charge in [0, 0.05) is 35.3 Å². The molecule has 0 aliphatic carbocycles. The minimum absolute atomic E-state index is 0.0538. The molecule has 25 heavy (non-hydrogen) atoms. The summed E-state index contributed by atoms with van der Waals surface area (Å²) in [6.45, 7) is 1.62. The minimum Gasteiger partial charge on any atom is -0.348 e. The molecule has 0 spiro atoms. The Labute approximate surface area is 146 Å². The number of amides is 1. The molecule has 0 atom stereocenters. The first-order valence-electron chi connectivity index (χ1n) is 7.30. The summed E-state index contributed by atoms with van der Waals surface area (Å²) in [6.07, 6.45) is 1.61. The lowest BCUT2D eigenvalue weighted by Crippen LogP contribution is -2.23. The zero-order chi connectivity index (χ0) is 18.4. The van der Waals surface area contributed by atoms with Gasteiger partial charge in [0.2, 0.25) is 0 Å². The maximum Gasteiger partial charge on any atom is 0.446 e. The van der Waals surface area contributed by atoms with E-state index in [1.807, 2.05) is 0 Å². The summed E-state index contributed by atoms with van der Waals surface area (Å²) < 4.78 is 36.8. The number of carbonyl (C=O) groups excluding carboxylic acids is 2. The summed E-state index contributed by atoms with van der Waals surface area (Å²) in [7, 11) is 0. The molecule has 8 heteroatoms. The molecule has 1 aromatic heterocycles. The highest BCUT2D eigenvalue weighted by Crippen LogP contribution is 2.36. The van der Waals surface area contributed by atoms with Crippen LogP contribution >= 0.6 is 11.8 Å². The van der Waals surface area contributed by atoms with E-state index < -0.39 is 5.51 Å². The van der Waals surface area contributed by atoms with Crippen molar-refractivity contribution in [3.8, 4) is 0 Å². The molecule has 1 heterocycles. The third-order valence-electron chi connectivity index (χ3n) is 3.12. The van der Waals surface area contributed by atoms with Gasteiger partial charge in [-0.25, -0.2) is 0 Å². The second-order valence-corrected chi connectivity index (χ2v) is 6.43. The van der Waals surface area contributed by atoms with E-state index in [0.717, 1.165) is 0 Å². The highest BCUT2D eigenvalue weighted by atomic mass is 32.2. The van der Waals surface area contributed by atoms with Gasteiger partial charge in [-0.05, 0) is 48.5 Å². The van der Waals surface area contributed by atoms with Crippen molar-refractivity contribution in [2.24, 2.45) is 0 Å². The number of pyridine rings is 1. The van der Waals surface area contributed by atoms with E-state index in [2.05, 4.69) is 10.3 Å². The molecule has 0 bridgehead atoms. The van der Waals surface area contributed by atoms with Crippen LogP contribution in [0.25, 0.3) is 0 Å². The highest BCUT2D eigenvalue weighted by molar-refractivity contribution is 8.00. The molecular weight excluding hydrogens is 353 g/mol. The van der Waals surface area contributed by atoms with Crippen molar-refractivity contribution < 1.29 is 22.8 Å². The van der Waals surface area contributed by atoms with Gasteiger partial charge in [0.25, 0.3) is 5.91 Å². The number of nitrogens with zero attached hydrogens (tertiary/aromatic N) is 1. The molecule has 2 aromatic rings. The first-order chi connectivity index (χ1) is 11.7. The number of ketones is 1. The number of halogens is 3. The van der Waals surface area contributed by atoms with Crippen molar-refractivity contribution in [1.29, 1.82) is 0 Å². The van der Waals surface area contributed by atoms with Gasteiger partial charge < -0.3 is 5.32 Å². The maximum atomic E-state index is 12.3. The van der Waals surface area contributed by atoms with Crippen LogP contribution in [0.4, 0.5) is 13.2 Å². The Hall–Kier alpha value is -2.35. The smallest absolute Gasteiger partial charge is 0.348 e. The topological polar surface area (TPSA) is 59.1 Å². The van der Waals surface area contributed by atoms with E-state index >= 15 is 0 Å². The third kappa shape index (κ3) is 6.58. The van der Waals surface area contributed by atoms with Crippen molar-refractivity contribution >= 4 is 23.5 Å². The summed E-state index contributed by atoms with van der Waals surface area (Å²) >= 11 is -0.185. The number of hydrogen-bond acceptors (Lipinski definition) is 4. The summed E-state index contributed by atoms with van der Waals surface area (Å²) in [5, 5.41) is 2.68. The van der Waals surface area contributed by atoms with Gasteiger partial charge in [0.1, 0.15) is 5.78 Å². The third-order valence-corrected chi connectivity index (χ3v) is 3.86. The predicted octanol–water partition coefficient (Wildman–Crippen LogP) is 3.76. The molecule has 1 aromatic carbocycles. The largest absolute Gasteiger partial charge is 0.446 e. The Morgan fingerprint density at radius 1 is 1.16 bits per heavy atom. The van der Waals surface area contributed by atoms with E-state index in [-0.39, 0.29) is 41.3 Å². The highest BCUT2D eigenvalue weighted by Gasteiger charge is 2.28. The number of rotatable bonds is 6. The van der Waals surface area contributed by atoms with Gasteiger partial charge in [-0.15, -0.1) is 0 Å². The van der Waals surface area contributed by atoms with Crippen molar-refractivity contribution in [2.75, 3.05) is 0 Å². The lowest BCUT2D eigenvalue weighted by molar-refractivity contribution is -0.116. The van der Waals surface area contributed by atoms with Crippen LogP contribution in [0.2, 0.25) is 0 Å². The predicted molar refractivity (Wildman–Crippen MR) is 88.1 cm³/mol. The van der Waals surface area contributed by atoms with Crippen LogP contribution < -0.4 is 5.32 Å². The fraction of sp³-hybridized carbons (Fsp3) is 0.235. The Balaban J connectivity index is 1.94. The fourth-order valence-corrected chi connectivity index (χ4v) is 2.60. The normalized spacial score (nSPS) is 11.2. The molecule has 0 aliphatic heterocycles. The van der Waals surface area contributed by atoms with Gasteiger partial charge >= 0.3 is 5.51 Å². The van der Waals surface area contributed by atoms with Gasteiger partial charge in [-0.1, -0.05) is 12.1 Å². The number of alkyl halides is 3. The van der Waals surface area contributed by atoms with Gasteiger partial charge in [0.05, 0.1) is 0 Å². The molecule has 0 radical (unpaired) electrons. The fourth-order valence-electron chi connectivity index (χ4n) is 2.06. The van der Waals surface area contributed by atoms with Crippen LogP contribution in [-0.2, 0) is 17.8 Å². The van der Waals surface area contributed by atoms with E-state index in [1.54, 1.807) is 6.07 Å². The van der Waals surface area contributed by atoms with Gasteiger partial charge in [-0.3, -0.25) is 14.6 Å². The van der Waals surface area contributed by atoms with Crippen LogP contribution in [-0.4, -0.2) is 22.2 Å². The van der Waals surface area contributed by atoms with Crippen molar-refractivity contribution in [2.45, 2.75) is 30.3 Å². The van der Waals surface area contributed by atoms with Crippen molar-refractivity contribution in [3.63, 3.8) is 0 Å². The van der Waals surface area contributed by atoms with Gasteiger partial charge in [0.15, 0.2) is 0 Å². The molecule has 0 saturated heterocycles. The Morgan fingerprint density at radius 3 is 2.44 bits per heavy atom. The molecular formula is C17H15F3N2O2S. The lowest BCUT2D eigenvalue weighted by atomic mass is 10.1. The number of carbonyl (C=O) groups is 2. The van der Waals surface area contributed by atoms with Crippen molar-refractivity contribution in [1.82, 2.24) is 10.3 Å². The van der Waals surface area contributed by atoms with E-state index in [0.29, 0.717) is 16.8 Å². The Morgan fingerprint density at radius 2 is 1.84 bits per heavy atom. The number of aromatic nitrogens is 1. The SMILES string of the molecule is CC(=O)Cc1cc(C(=O)NCc2ccc(SC(F)(F)F)cc2)ccn1. The number of thioether (sulfide) groups is 1. The van der Waals surface area contributed by atoms with E-state index in [9.17, 15) is 22.8 Å². The standard InChI is InChI=1S/C17H15F3N2O2S/c1-11(23)8-14-9-13(6-7-21-14)16(24)22-10-12-2-4-15(5-3-12)25-17(18,19)20/h2-7,9H,8,10H2,1H3,(H,22,24). The van der Waals surface area contributed by atoms with E-state index in [4.69, 9.17) is 0 Å². The quantitative estimate of drug-likeness (QED) is 0.789. The molecule has 0 fully saturated rings. The molecule has 132 valence electrons. The average Bonchev–Trinajstić information content (AvgIpc) is 2.52. The first kappa shape index (κ1) is 19.0. The number of nitrogens with one attached hydrogen (secondary N) is 1. The zero-order valence-corrected chi connectivity index (χ0v) is 14.1. The summed E-state index contributed by atoms with van der Waals surface area (Å²) in [4.78, 5) is 27.4. The second kappa shape index (κ2) is 8.15. The van der Waals surface area contributed by atoms with Crippen LogP contribution in [0, 0.1) is 0 Å². The molecule has 1 amide bonds. The first-order valence-corrected chi connectivity index (χ1v) is 8.12. The van der Waals surface area contributed by atoms with Gasteiger partial charge in [-0.2, -0.15) is 13.2 Å². The maximum absolute atomic E-state index is 12.3. The summed E-state index contributed by atoms with van der Waals surface area (Å²) in [6, 6.07) is 8.85. The van der Waals surface area contributed by atoms with Crippen LogP contribution in [0.1, 0.15) is 28.5 Å². The number of benzene rings is 1. The minimum atomic E-state index is -4.32. The summed E-state index contributed by atoms with van der Waals surface area (Å²) in [5.74, 6) is -0.400. The second-order valence-electron chi connectivity index (χ2n) is 5.29. The molecule has 0 saturated carbocycles. The molecule has 0 unspecified atom stereocenters. The number of Topliss-reactive ketones (excluding diaryl/α,β-unsaturated/α-hetero) is 1. The average molecular weight is 368 g/mol. The van der Waals surface area contributed by atoms with Crippen LogP contribution in [0.5, 0.6) is 0 Å². The van der Waals surface area contributed by atoms with Crippen LogP contribution in [0.3, 0.4) is 0 Å². The van der Waals surface area contributed by atoms with Crippen molar-refractivity contribution in [3.05, 3.63) is 59.4 Å². The van der Waals surface area contributed by atoms with Crippen LogP contribution in [0.15, 0.2) is 47.5 Å². The molecule has 2 rings (SSSR count). The monoisotopic (exact) mass is 368 g/mol. The Bertz CT molecular complexity index is 761. The van der Waals surface area contributed by atoms with E-state index in [1.165, 1.54) is 43.5 Å². The lowest BCUT2D eigenvalue weighted by Gasteiger charge is -2.08. The summed E-state index contributed by atoms with van der Waals surface area (Å²) in [5.41, 5.74) is -2.77. The molecule has 0 aliphatic rings. The number of hydrogen-bond donors (Lipinski definition) is 1. The Kier molecular flexibility index (Phi) is 6.19.